The number of benzene rings is 6. The van der Waals surface area contributed by atoms with Crippen LogP contribution in [0.15, 0.2) is 182 Å². The van der Waals surface area contributed by atoms with Crippen LogP contribution < -0.4 is 79.8 Å². The molecule has 0 radical (unpaired) electrons. The SMILES string of the molecule is C[P+](c1ccccc1)(c1ccccc1)c1ccccc1.C[P+](c1ccccc1)(c1ccccc1)c1ccccc1.[I-].[I-]. The average molecular weight is 808 g/mol. The van der Waals surface area contributed by atoms with Gasteiger partial charge in [-0.3, -0.25) is 0 Å². The van der Waals surface area contributed by atoms with Crippen molar-refractivity contribution in [1.29, 1.82) is 0 Å². The molecule has 0 saturated heterocycles. The van der Waals surface area contributed by atoms with Crippen LogP contribution in [0.2, 0.25) is 0 Å². The Hall–Kier alpha value is -2.36. The molecular formula is C38H36I2P2. The fourth-order valence-electron chi connectivity index (χ4n) is 5.25. The summed E-state index contributed by atoms with van der Waals surface area (Å²) in [6, 6.07) is 65.3. The van der Waals surface area contributed by atoms with Crippen LogP contribution in [0.25, 0.3) is 0 Å². The minimum Gasteiger partial charge on any atom is -1.00 e. The predicted molar refractivity (Wildman–Crippen MR) is 182 cm³/mol. The van der Waals surface area contributed by atoms with Gasteiger partial charge in [-0.1, -0.05) is 109 Å². The highest BCUT2D eigenvalue weighted by Crippen LogP contribution is 2.52. The minimum atomic E-state index is -1.53. The summed E-state index contributed by atoms with van der Waals surface area (Å²) in [5, 5.41) is 8.57. The number of halogens is 2. The largest absolute Gasteiger partial charge is 1.00 e. The van der Waals surface area contributed by atoms with Gasteiger partial charge in [-0.05, 0) is 72.8 Å². The van der Waals surface area contributed by atoms with E-state index in [1.807, 2.05) is 0 Å². The quantitative estimate of drug-likeness (QED) is 0.176. The summed E-state index contributed by atoms with van der Waals surface area (Å²) in [5.74, 6) is 0. The van der Waals surface area contributed by atoms with Gasteiger partial charge >= 0.3 is 0 Å². The van der Waals surface area contributed by atoms with Crippen molar-refractivity contribution in [3.8, 4) is 0 Å². The van der Waals surface area contributed by atoms with Crippen molar-refractivity contribution in [2.24, 2.45) is 0 Å². The van der Waals surface area contributed by atoms with E-state index in [9.17, 15) is 0 Å². The number of hydrogen-bond donors (Lipinski definition) is 0. The number of rotatable bonds is 6. The van der Waals surface area contributed by atoms with Crippen LogP contribution in [0.5, 0.6) is 0 Å². The lowest BCUT2D eigenvalue weighted by molar-refractivity contribution is -0.001000. The summed E-state index contributed by atoms with van der Waals surface area (Å²) < 4.78 is 0. The van der Waals surface area contributed by atoms with Crippen molar-refractivity contribution >= 4 is 46.4 Å². The van der Waals surface area contributed by atoms with E-state index in [0.29, 0.717) is 0 Å². The summed E-state index contributed by atoms with van der Waals surface area (Å²) in [6.07, 6.45) is 0. The normalized spacial score (nSPS) is 10.7. The van der Waals surface area contributed by atoms with Crippen LogP contribution in [0.1, 0.15) is 0 Å². The highest BCUT2D eigenvalue weighted by Gasteiger charge is 2.40. The highest BCUT2D eigenvalue weighted by molar-refractivity contribution is 7.95. The molecule has 6 aromatic rings. The molecule has 0 aliphatic heterocycles. The van der Waals surface area contributed by atoms with Crippen molar-refractivity contribution in [2.75, 3.05) is 13.3 Å². The Kier molecular flexibility index (Phi) is 13.4. The first kappa shape index (κ1) is 34.1. The van der Waals surface area contributed by atoms with Gasteiger partial charge in [-0.2, -0.15) is 0 Å². The second-order valence-electron chi connectivity index (χ2n) is 10.0. The maximum absolute atomic E-state index is 2.41. The maximum atomic E-state index is 2.41. The summed E-state index contributed by atoms with van der Waals surface area (Å²) in [4.78, 5) is 0. The molecule has 0 aliphatic carbocycles. The molecule has 0 nitrogen and oxygen atoms in total. The Morgan fingerprint density at radius 3 is 0.476 bits per heavy atom. The van der Waals surface area contributed by atoms with Gasteiger partial charge in [0, 0.05) is 0 Å². The molecule has 0 atom stereocenters. The van der Waals surface area contributed by atoms with Crippen molar-refractivity contribution in [1.82, 2.24) is 0 Å². The molecule has 0 spiro atoms. The van der Waals surface area contributed by atoms with E-state index in [1.165, 1.54) is 31.8 Å². The van der Waals surface area contributed by atoms with Crippen LogP contribution in [0.4, 0.5) is 0 Å². The van der Waals surface area contributed by atoms with E-state index in [4.69, 9.17) is 0 Å². The van der Waals surface area contributed by atoms with Crippen LogP contribution >= 0.6 is 14.5 Å². The lowest BCUT2D eigenvalue weighted by Crippen LogP contribution is -3.00. The first-order valence-electron chi connectivity index (χ1n) is 13.7. The molecule has 0 saturated carbocycles. The standard InChI is InChI=1S/2C19H18P.2HI/c2*1-20(17-11-5-2-6-12-17,18-13-7-3-8-14-18)19-15-9-4-10-16-19;;/h2*2-16H,1H3;2*1H/q2*+1;;/p-2. The van der Waals surface area contributed by atoms with Crippen molar-refractivity contribution < 1.29 is 48.0 Å². The van der Waals surface area contributed by atoms with E-state index in [1.54, 1.807) is 0 Å². The Morgan fingerprint density at radius 1 is 0.238 bits per heavy atom. The van der Waals surface area contributed by atoms with Crippen LogP contribution in [0.3, 0.4) is 0 Å². The van der Waals surface area contributed by atoms with Crippen molar-refractivity contribution in [2.45, 2.75) is 0 Å². The molecule has 0 heterocycles. The van der Waals surface area contributed by atoms with Crippen LogP contribution in [0, 0.1) is 0 Å². The van der Waals surface area contributed by atoms with E-state index in [0.717, 1.165) is 0 Å². The van der Waals surface area contributed by atoms with Gasteiger partial charge in [-0.25, -0.2) is 0 Å². The lowest BCUT2D eigenvalue weighted by atomic mass is 10.4. The smallest absolute Gasteiger partial charge is 0.109 e. The van der Waals surface area contributed by atoms with Gasteiger partial charge in [-0.15, -0.1) is 0 Å². The highest BCUT2D eigenvalue weighted by atomic mass is 127. The molecule has 6 aromatic carbocycles. The monoisotopic (exact) mass is 808 g/mol. The molecular weight excluding hydrogens is 772 g/mol. The molecule has 0 fully saturated rings. The molecule has 4 heteroatoms. The van der Waals surface area contributed by atoms with Gasteiger partial charge in [0.15, 0.2) is 0 Å². The Labute approximate surface area is 287 Å². The van der Waals surface area contributed by atoms with Gasteiger partial charge in [0.2, 0.25) is 0 Å². The second-order valence-corrected chi connectivity index (χ2v) is 17.1. The third-order valence-corrected chi connectivity index (χ3v) is 15.6. The average Bonchev–Trinajstić information content (AvgIpc) is 3.07. The zero-order chi connectivity index (χ0) is 27.7. The summed E-state index contributed by atoms with van der Waals surface area (Å²) >= 11 is 0. The first-order valence-corrected chi connectivity index (χ1v) is 18.2. The first-order chi connectivity index (χ1) is 19.6. The van der Waals surface area contributed by atoms with Crippen LogP contribution in [-0.4, -0.2) is 13.3 Å². The topological polar surface area (TPSA) is 0 Å². The van der Waals surface area contributed by atoms with Gasteiger partial charge in [0.25, 0.3) is 0 Å². The van der Waals surface area contributed by atoms with Gasteiger partial charge in [0.1, 0.15) is 46.4 Å². The summed E-state index contributed by atoms with van der Waals surface area (Å²) in [5.41, 5.74) is 0. The third kappa shape index (κ3) is 7.58. The van der Waals surface area contributed by atoms with Gasteiger partial charge in [0.05, 0.1) is 13.3 Å². The second kappa shape index (κ2) is 16.5. The summed E-state index contributed by atoms with van der Waals surface area (Å²) in [7, 11) is -3.05. The van der Waals surface area contributed by atoms with E-state index < -0.39 is 14.5 Å². The minimum absolute atomic E-state index is 0. The Morgan fingerprint density at radius 2 is 0.357 bits per heavy atom. The zero-order valence-corrected chi connectivity index (χ0v) is 30.1. The molecule has 0 aliphatic rings. The Bertz CT molecular complexity index is 1260. The van der Waals surface area contributed by atoms with E-state index in [-0.39, 0.29) is 48.0 Å². The fraction of sp³-hybridized carbons (Fsp3) is 0.0526. The maximum Gasteiger partial charge on any atom is 0.109 e. The molecule has 0 amide bonds. The molecule has 0 unspecified atom stereocenters. The predicted octanol–water partition coefficient (Wildman–Crippen LogP) is 1.23. The molecule has 0 N–H and O–H groups in total. The third-order valence-electron chi connectivity index (χ3n) is 7.64. The molecule has 0 bridgehead atoms. The lowest BCUT2D eigenvalue weighted by Gasteiger charge is -2.22. The molecule has 42 heavy (non-hydrogen) atoms. The van der Waals surface area contributed by atoms with Crippen molar-refractivity contribution in [3.63, 3.8) is 0 Å². The molecule has 0 aromatic heterocycles. The summed E-state index contributed by atoms with van der Waals surface area (Å²) in [6.45, 7) is 4.82. The van der Waals surface area contributed by atoms with Crippen LogP contribution in [-0.2, 0) is 0 Å². The molecule has 6 rings (SSSR count). The zero-order valence-electron chi connectivity index (χ0n) is 24.0. The van der Waals surface area contributed by atoms with E-state index >= 15 is 0 Å². The molecule has 212 valence electrons. The number of hydrogen-bond acceptors (Lipinski definition) is 0. The van der Waals surface area contributed by atoms with Gasteiger partial charge < -0.3 is 48.0 Å². The van der Waals surface area contributed by atoms with E-state index in [2.05, 4.69) is 195 Å². The fourth-order valence-corrected chi connectivity index (χ4v) is 11.7. The van der Waals surface area contributed by atoms with Crippen molar-refractivity contribution in [3.05, 3.63) is 182 Å². The Balaban J connectivity index is 0.000000220.